The van der Waals surface area contributed by atoms with Gasteiger partial charge in [0, 0.05) is 36.0 Å². The van der Waals surface area contributed by atoms with E-state index in [1.165, 1.54) is 0 Å². The number of hydrogen-bond acceptors (Lipinski definition) is 5. The average molecular weight is 294 g/mol. The maximum absolute atomic E-state index is 4.56. The van der Waals surface area contributed by atoms with Crippen molar-refractivity contribution < 1.29 is 0 Å². The van der Waals surface area contributed by atoms with Crippen molar-refractivity contribution in [3.63, 3.8) is 0 Å². The number of rotatable bonds is 5. The molecule has 6 nitrogen and oxygen atoms in total. The third-order valence-corrected chi connectivity index (χ3v) is 3.38. The Labute approximate surface area is 129 Å². The van der Waals surface area contributed by atoms with Gasteiger partial charge in [0.05, 0.1) is 11.7 Å². The van der Waals surface area contributed by atoms with Crippen molar-refractivity contribution in [1.29, 1.82) is 0 Å². The number of nitrogens with zero attached hydrogens (tertiary/aromatic N) is 4. The largest absolute Gasteiger partial charge is 0.344 e. The van der Waals surface area contributed by atoms with Gasteiger partial charge in [-0.1, -0.05) is 6.92 Å². The molecule has 0 amide bonds. The van der Waals surface area contributed by atoms with E-state index in [9.17, 15) is 0 Å². The molecule has 0 fully saturated rings. The van der Waals surface area contributed by atoms with Gasteiger partial charge in [0.2, 0.25) is 5.95 Å². The topological polar surface area (TPSA) is 79.4 Å². The summed E-state index contributed by atoms with van der Waals surface area (Å²) < 4.78 is 0. The first-order valence-electron chi connectivity index (χ1n) is 7.27. The Hall–Kier alpha value is -2.76. The molecule has 0 spiro atoms. The zero-order valence-corrected chi connectivity index (χ0v) is 12.6. The van der Waals surface area contributed by atoms with Crippen molar-refractivity contribution in [2.24, 2.45) is 0 Å². The molecule has 3 heterocycles. The molecule has 1 atom stereocenters. The maximum atomic E-state index is 4.56. The third kappa shape index (κ3) is 3.11. The number of aryl methyl sites for hydroxylation is 1. The lowest BCUT2D eigenvalue weighted by molar-refractivity contribution is 0.694. The Bertz CT molecular complexity index is 737. The van der Waals surface area contributed by atoms with Crippen molar-refractivity contribution in [3.8, 4) is 11.3 Å². The summed E-state index contributed by atoms with van der Waals surface area (Å²) in [6.45, 7) is 4.09. The minimum Gasteiger partial charge on any atom is -0.344 e. The van der Waals surface area contributed by atoms with Gasteiger partial charge in [0.25, 0.3) is 0 Å². The molecular weight excluding hydrogens is 276 g/mol. The van der Waals surface area contributed by atoms with Gasteiger partial charge in [-0.15, -0.1) is 0 Å². The standard InChI is InChI=1S/C16H18N6/c1-3-13(15-19-9-11(2)20-15)21-16-18-8-6-14(22-16)12-5-4-7-17-10-12/h4-10,13H,3H2,1-2H3,(H,19,20)(H,18,21,22). The lowest BCUT2D eigenvalue weighted by Gasteiger charge is -2.15. The Morgan fingerprint density at radius 2 is 2.09 bits per heavy atom. The van der Waals surface area contributed by atoms with Crippen molar-refractivity contribution >= 4 is 5.95 Å². The quantitative estimate of drug-likeness (QED) is 0.755. The lowest BCUT2D eigenvalue weighted by atomic mass is 10.2. The van der Waals surface area contributed by atoms with Gasteiger partial charge in [0.1, 0.15) is 5.82 Å². The molecule has 0 aliphatic rings. The Morgan fingerprint density at radius 1 is 1.18 bits per heavy atom. The highest BCUT2D eigenvalue weighted by molar-refractivity contribution is 5.58. The SMILES string of the molecule is CCC(Nc1nccc(-c2cccnc2)n1)c1ncc(C)[nH]1. The Morgan fingerprint density at radius 3 is 2.77 bits per heavy atom. The van der Waals surface area contributed by atoms with Crippen LogP contribution in [0.1, 0.15) is 30.9 Å². The number of pyridine rings is 1. The molecule has 3 rings (SSSR count). The molecule has 112 valence electrons. The van der Waals surface area contributed by atoms with Gasteiger partial charge in [-0.3, -0.25) is 4.98 Å². The van der Waals surface area contributed by atoms with Crippen LogP contribution in [0.15, 0.2) is 43.0 Å². The fourth-order valence-corrected chi connectivity index (χ4v) is 2.23. The molecular formula is C16H18N6. The van der Waals surface area contributed by atoms with Gasteiger partial charge in [-0.05, 0) is 31.5 Å². The molecule has 0 saturated carbocycles. The number of imidazole rings is 1. The molecule has 0 aliphatic carbocycles. The van der Waals surface area contributed by atoms with E-state index in [1.807, 2.05) is 31.3 Å². The predicted octanol–water partition coefficient (Wildman–Crippen LogP) is 3.13. The predicted molar refractivity (Wildman–Crippen MR) is 85.2 cm³/mol. The van der Waals surface area contributed by atoms with E-state index in [-0.39, 0.29) is 6.04 Å². The normalized spacial score (nSPS) is 12.1. The van der Waals surface area contributed by atoms with Crippen LogP contribution in [0.5, 0.6) is 0 Å². The van der Waals surface area contributed by atoms with Gasteiger partial charge < -0.3 is 10.3 Å². The zero-order chi connectivity index (χ0) is 15.4. The number of anilines is 1. The van der Waals surface area contributed by atoms with Gasteiger partial charge in [0.15, 0.2) is 0 Å². The summed E-state index contributed by atoms with van der Waals surface area (Å²) >= 11 is 0. The van der Waals surface area contributed by atoms with Crippen molar-refractivity contribution in [2.45, 2.75) is 26.3 Å². The molecule has 2 N–H and O–H groups in total. The van der Waals surface area contributed by atoms with E-state index in [4.69, 9.17) is 0 Å². The molecule has 0 radical (unpaired) electrons. The highest BCUT2D eigenvalue weighted by Gasteiger charge is 2.14. The fourth-order valence-electron chi connectivity index (χ4n) is 2.23. The van der Waals surface area contributed by atoms with Gasteiger partial charge in [-0.25, -0.2) is 15.0 Å². The van der Waals surface area contributed by atoms with Crippen LogP contribution >= 0.6 is 0 Å². The van der Waals surface area contributed by atoms with Crippen LogP contribution in [0.2, 0.25) is 0 Å². The summed E-state index contributed by atoms with van der Waals surface area (Å²) in [5.41, 5.74) is 2.85. The number of aromatic nitrogens is 5. The number of aromatic amines is 1. The summed E-state index contributed by atoms with van der Waals surface area (Å²) in [4.78, 5) is 20.6. The minimum absolute atomic E-state index is 0.0536. The third-order valence-electron chi connectivity index (χ3n) is 3.38. The van der Waals surface area contributed by atoms with Gasteiger partial charge >= 0.3 is 0 Å². The minimum atomic E-state index is 0.0536. The summed E-state index contributed by atoms with van der Waals surface area (Å²) in [5.74, 6) is 1.48. The van der Waals surface area contributed by atoms with E-state index < -0.39 is 0 Å². The van der Waals surface area contributed by atoms with E-state index in [2.05, 4.69) is 37.2 Å². The first-order valence-corrected chi connectivity index (χ1v) is 7.27. The first-order chi connectivity index (χ1) is 10.8. The van der Waals surface area contributed by atoms with Crippen LogP contribution < -0.4 is 5.32 Å². The Kier molecular flexibility index (Phi) is 4.09. The summed E-state index contributed by atoms with van der Waals surface area (Å²) in [6, 6.07) is 5.80. The van der Waals surface area contributed by atoms with E-state index in [0.29, 0.717) is 5.95 Å². The molecule has 6 heteroatoms. The van der Waals surface area contributed by atoms with Gasteiger partial charge in [-0.2, -0.15) is 0 Å². The molecule has 0 saturated heterocycles. The molecule has 1 unspecified atom stereocenters. The van der Waals surface area contributed by atoms with Crippen LogP contribution in [0.4, 0.5) is 5.95 Å². The second kappa shape index (κ2) is 6.34. The van der Waals surface area contributed by atoms with Crippen molar-refractivity contribution in [3.05, 3.63) is 54.5 Å². The highest BCUT2D eigenvalue weighted by atomic mass is 15.1. The molecule has 0 aliphatic heterocycles. The van der Waals surface area contributed by atoms with Crippen LogP contribution in [-0.4, -0.2) is 24.9 Å². The fraction of sp³-hybridized carbons (Fsp3) is 0.250. The van der Waals surface area contributed by atoms with E-state index >= 15 is 0 Å². The van der Waals surface area contributed by atoms with E-state index in [0.717, 1.165) is 29.2 Å². The summed E-state index contributed by atoms with van der Waals surface area (Å²) in [5, 5.41) is 3.33. The molecule has 3 aromatic heterocycles. The first kappa shape index (κ1) is 14.2. The number of hydrogen-bond donors (Lipinski definition) is 2. The van der Waals surface area contributed by atoms with E-state index in [1.54, 1.807) is 18.6 Å². The molecule has 22 heavy (non-hydrogen) atoms. The smallest absolute Gasteiger partial charge is 0.223 e. The lowest BCUT2D eigenvalue weighted by Crippen LogP contribution is -2.13. The number of H-pyrrole nitrogens is 1. The van der Waals surface area contributed by atoms with Crippen molar-refractivity contribution in [1.82, 2.24) is 24.9 Å². The maximum Gasteiger partial charge on any atom is 0.223 e. The highest BCUT2D eigenvalue weighted by Crippen LogP contribution is 2.20. The second-order valence-corrected chi connectivity index (χ2v) is 5.06. The van der Waals surface area contributed by atoms with Crippen LogP contribution in [0.3, 0.4) is 0 Å². The summed E-state index contributed by atoms with van der Waals surface area (Å²) in [7, 11) is 0. The van der Waals surface area contributed by atoms with Crippen LogP contribution in [-0.2, 0) is 0 Å². The number of nitrogens with one attached hydrogen (secondary N) is 2. The Balaban J connectivity index is 1.83. The molecule has 0 aromatic carbocycles. The zero-order valence-electron chi connectivity index (χ0n) is 12.6. The second-order valence-electron chi connectivity index (χ2n) is 5.06. The van der Waals surface area contributed by atoms with Crippen LogP contribution in [0.25, 0.3) is 11.3 Å². The van der Waals surface area contributed by atoms with Crippen molar-refractivity contribution in [2.75, 3.05) is 5.32 Å². The molecule has 3 aromatic rings. The average Bonchev–Trinajstić information content (AvgIpc) is 3.00. The monoisotopic (exact) mass is 294 g/mol. The van der Waals surface area contributed by atoms with Crippen LogP contribution in [0, 0.1) is 6.92 Å². The summed E-state index contributed by atoms with van der Waals surface area (Å²) in [6.07, 6.45) is 7.99. The molecule has 0 bridgehead atoms.